The number of ether oxygens (including phenoxy) is 1. The Morgan fingerprint density at radius 1 is 1.12 bits per heavy atom. The summed E-state index contributed by atoms with van der Waals surface area (Å²) < 4.78 is 9.80. The average molecular weight is 370 g/mol. The van der Waals surface area contributed by atoms with Crippen molar-refractivity contribution in [3.63, 3.8) is 0 Å². The van der Waals surface area contributed by atoms with Crippen molar-refractivity contribution in [2.45, 2.75) is 27.1 Å². The first-order chi connectivity index (χ1) is 12.5. The minimum Gasteiger partial charge on any atom is -0.497 e. The van der Waals surface area contributed by atoms with Crippen LogP contribution in [0.1, 0.15) is 16.7 Å². The highest BCUT2D eigenvalue weighted by atomic mass is 32.1. The number of quaternary nitrogens is 1. The summed E-state index contributed by atoms with van der Waals surface area (Å²) in [5, 5.41) is 4.51. The Hall–Kier alpha value is -2.44. The molecule has 136 valence electrons. The van der Waals surface area contributed by atoms with Gasteiger partial charge in [-0.05, 0) is 67.5 Å². The van der Waals surface area contributed by atoms with Gasteiger partial charge in [-0.25, -0.2) is 0 Å². The van der Waals surface area contributed by atoms with Gasteiger partial charge in [0.1, 0.15) is 18.6 Å². The summed E-state index contributed by atoms with van der Waals surface area (Å²) in [4.78, 5) is 1.30. The second-order valence-corrected chi connectivity index (χ2v) is 7.08. The number of methoxy groups -OCH3 is 1. The Bertz CT molecular complexity index is 943. The second kappa shape index (κ2) is 7.85. The fraction of sp³-hybridized carbons (Fsp3) is 0.300. The molecule has 1 unspecified atom stereocenters. The Balaban J connectivity index is 1.75. The standard InChI is InChI=1S/C20H24N4OS/c1-15-5-6-16(2)19(11-15)23-13-21-24(20(23)26)14-22(3)12-17-7-9-18(25-4)10-8-17/h5-11,13H,12,14H2,1-4H3/p+1. The quantitative estimate of drug-likeness (QED) is 0.679. The second-order valence-electron chi connectivity index (χ2n) is 6.71. The lowest BCUT2D eigenvalue weighted by atomic mass is 10.1. The zero-order valence-electron chi connectivity index (χ0n) is 15.7. The van der Waals surface area contributed by atoms with Gasteiger partial charge in [-0.2, -0.15) is 9.78 Å². The molecule has 26 heavy (non-hydrogen) atoms. The molecule has 5 nitrogen and oxygen atoms in total. The summed E-state index contributed by atoms with van der Waals surface area (Å²) in [6, 6.07) is 14.5. The monoisotopic (exact) mass is 369 g/mol. The maximum Gasteiger partial charge on any atom is 0.207 e. The van der Waals surface area contributed by atoms with E-state index in [9.17, 15) is 0 Å². The largest absolute Gasteiger partial charge is 0.497 e. The fourth-order valence-corrected chi connectivity index (χ4v) is 3.25. The molecule has 0 aliphatic heterocycles. The van der Waals surface area contributed by atoms with Crippen LogP contribution in [0.4, 0.5) is 0 Å². The molecule has 1 N–H and O–H groups in total. The Labute approximate surface area is 159 Å². The van der Waals surface area contributed by atoms with Gasteiger partial charge in [0.05, 0.1) is 19.8 Å². The van der Waals surface area contributed by atoms with Crippen molar-refractivity contribution < 1.29 is 9.64 Å². The number of benzene rings is 2. The van der Waals surface area contributed by atoms with Crippen molar-refractivity contribution in [3.05, 3.63) is 70.3 Å². The van der Waals surface area contributed by atoms with E-state index in [2.05, 4.69) is 56.3 Å². The van der Waals surface area contributed by atoms with Crippen LogP contribution in [0.2, 0.25) is 0 Å². The molecule has 0 amide bonds. The number of hydrogen-bond donors (Lipinski definition) is 1. The van der Waals surface area contributed by atoms with Gasteiger partial charge in [-0.1, -0.05) is 12.1 Å². The number of aryl methyl sites for hydroxylation is 2. The van der Waals surface area contributed by atoms with Gasteiger partial charge < -0.3 is 9.64 Å². The normalized spacial score (nSPS) is 12.2. The number of aromatic nitrogens is 3. The lowest BCUT2D eigenvalue weighted by molar-refractivity contribution is -0.917. The van der Waals surface area contributed by atoms with Crippen LogP contribution in [0.15, 0.2) is 48.8 Å². The molecule has 0 fully saturated rings. The molecule has 0 aliphatic rings. The molecule has 0 saturated heterocycles. The maximum atomic E-state index is 5.66. The van der Waals surface area contributed by atoms with E-state index in [1.807, 2.05) is 27.7 Å². The van der Waals surface area contributed by atoms with Gasteiger partial charge in [0, 0.05) is 5.56 Å². The minimum atomic E-state index is 0.711. The molecule has 3 rings (SSSR count). The van der Waals surface area contributed by atoms with Crippen LogP contribution >= 0.6 is 12.2 Å². The lowest BCUT2D eigenvalue weighted by Crippen LogP contribution is -3.07. The highest BCUT2D eigenvalue weighted by molar-refractivity contribution is 7.71. The van der Waals surface area contributed by atoms with Crippen molar-refractivity contribution >= 4 is 12.2 Å². The third kappa shape index (κ3) is 4.03. The molecule has 0 saturated carbocycles. The Morgan fingerprint density at radius 3 is 2.54 bits per heavy atom. The zero-order valence-corrected chi connectivity index (χ0v) is 16.5. The van der Waals surface area contributed by atoms with Gasteiger partial charge in [0.2, 0.25) is 4.77 Å². The van der Waals surface area contributed by atoms with E-state index in [0.717, 1.165) is 18.0 Å². The molecular weight excluding hydrogens is 344 g/mol. The van der Waals surface area contributed by atoms with Crippen molar-refractivity contribution in [1.29, 1.82) is 0 Å². The van der Waals surface area contributed by atoms with E-state index in [1.165, 1.54) is 21.6 Å². The summed E-state index contributed by atoms with van der Waals surface area (Å²) in [6.07, 6.45) is 1.81. The third-order valence-corrected chi connectivity index (χ3v) is 4.85. The summed E-state index contributed by atoms with van der Waals surface area (Å²) in [6.45, 7) is 5.78. The van der Waals surface area contributed by atoms with Crippen LogP contribution < -0.4 is 9.64 Å². The topological polar surface area (TPSA) is 36.4 Å². The van der Waals surface area contributed by atoms with Gasteiger partial charge >= 0.3 is 0 Å². The summed E-state index contributed by atoms with van der Waals surface area (Å²) in [5.74, 6) is 0.876. The van der Waals surface area contributed by atoms with Crippen LogP contribution in [0.5, 0.6) is 5.75 Å². The van der Waals surface area contributed by atoms with Crippen LogP contribution in [0, 0.1) is 18.6 Å². The fourth-order valence-electron chi connectivity index (χ4n) is 2.99. The van der Waals surface area contributed by atoms with E-state index in [1.54, 1.807) is 7.11 Å². The molecule has 0 aliphatic carbocycles. The molecule has 1 heterocycles. The molecule has 1 atom stereocenters. The van der Waals surface area contributed by atoms with Gasteiger partial charge in [0.15, 0.2) is 6.67 Å². The minimum absolute atomic E-state index is 0.711. The van der Waals surface area contributed by atoms with E-state index in [4.69, 9.17) is 17.0 Å². The van der Waals surface area contributed by atoms with E-state index >= 15 is 0 Å². The van der Waals surface area contributed by atoms with Gasteiger partial charge in [-0.3, -0.25) is 4.57 Å². The van der Waals surface area contributed by atoms with E-state index < -0.39 is 0 Å². The predicted octanol–water partition coefficient (Wildman–Crippen LogP) is 2.70. The predicted molar refractivity (Wildman–Crippen MR) is 105 cm³/mol. The average Bonchev–Trinajstić information content (AvgIpc) is 2.98. The van der Waals surface area contributed by atoms with Gasteiger partial charge in [0.25, 0.3) is 0 Å². The van der Waals surface area contributed by atoms with E-state index in [-0.39, 0.29) is 0 Å². The molecule has 2 aromatic carbocycles. The number of nitrogens with one attached hydrogen (secondary N) is 1. The molecule has 6 heteroatoms. The summed E-state index contributed by atoms with van der Waals surface area (Å²) in [7, 11) is 3.82. The third-order valence-electron chi connectivity index (χ3n) is 4.44. The van der Waals surface area contributed by atoms with Crippen LogP contribution in [-0.2, 0) is 13.2 Å². The van der Waals surface area contributed by atoms with Crippen LogP contribution in [0.25, 0.3) is 5.69 Å². The van der Waals surface area contributed by atoms with E-state index in [0.29, 0.717) is 11.4 Å². The molecule has 1 aromatic heterocycles. The smallest absolute Gasteiger partial charge is 0.207 e. The number of hydrogen-bond acceptors (Lipinski definition) is 3. The first-order valence-corrected chi connectivity index (χ1v) is 9.05. The number of nitrogens with zero attached hydrogens (tertiary/aromatic N) is 3. The Kier molecular flexibility index (Phi) is 5.54. The Morgan fingerprint density at radius 2 is 1.85 bits per heavy atom. The molecular formula is C20H25N4OS+. The molecule has 0 bridgehead atoms. The highest BCUT2D eigenvalue weighted by Crippen LogP contribution is 2.16. The lowest BCUT2D eigenvalue weighted by Gasteiger charge is -2.14. The first-order valence-electron chi connectivity index (χ1n) is 8.64. The molecule has 0 spiro atoms. The molecule has 0 radical (unpaired) electrons. The van der Waals surface area contributed by atoms with Gasteiger partial charge in [-0.15, -0.1) is 0 Å². The van der Waals surface area contributed by atoms with Crippen molar-refractivity contribution in [3.8, 4) is 11.4 Å². The van der Waals surface area contributed by atoms with Crippen LogP contribution in [0.3, 0.4) is 0 Å². The first kappa shape index (κ1) is 18.4. The SMILES string of the molecule is COc1ccc(C[NH+](C)Cn2ncn(-c3cc(C)ccc3C)c2=S)cc1. The molecule has 3 aromatic rings. The van der Waals surface area contributed by atoms with Crippen molar-refractivity contribution in [2.75, 3.05) is 14.2 Å². The zero-order chi connectivity index (χ0) is 18.7. The van der Waals surface area contributed by atoms with Crippen LogP contribution in [-0.4, -0.2) is 28.5 Å². The van der Waals surface area contributed by atoms with Crippen molar-refractivity contribution in [2.24, 2.45) is 0 Å². The number of rotatable bonds is 6. The highest BCUT2D eigenvalue weighted by Gasteiger charge is 2.11. The van der Waals surface area contributed by atoms with Crippen molar-refractivity contribution in [1.82, 2.24) is 14.3 Å². The maximum absolute atomic E-state index is 5.66. The summed E-state index contributed by atoms with van der Waals surface area (Å²) >= 11 is 5.66. The summed E-state index contributed by atoms with van der Waals surface area (Å²) in [5.41, 5.74) is 4.74.